The Morgan fingerprint density at radius 1 is 1.24 bits per heavy atom. The van der Waals surface area contributed by atoms with Crippen molar-refractivity contribution in [3.05, 3.63) is 41.8 Å². The van der Waals surface area contributed by atoms with Gasteiger partial charge in [-0.25, -0.2) is 9.59 Å². The summed E-state index contributed by atoms with van der Waals surface area (Å²) in [7, 11) is 0. The number of carbonyl (C=O) groups excluding carboxylic acids is 4. The van der Waals surface area contributed by atoms with Gasteiger partial charge in [-0.15, -0.1) is 0 Å². The van der Waals surface area contributed by atoms with Crippen LogP contribution in [0.4, 0.5) is 10.5 Å². The lowest BCUT2D eigenvalue weighted by atomic mass is 10.2. The molecule has 0 saturated carbocycles. The summed E-state index contributed by atoms with van der Waals surface area (Å²) < 4.78 is 10.1. The van der Waals surface area contributed by atoms with Crippen molar-refractivity contribution in [3.8, 4) is 0 Å². The first kappa shape index (κ1) is 16.5. The molecule has 2 heterocycles. The van der Waals surface area contributed by atoms with Crippen molar-refractivity contribution >= 4 is 29.4 Å². The molecule has 2 N–H and O–H groups in total. The van der Waals surface area contributed by atoms with Crippen molar-refractivity contribution in [1.82, 2.24) is 10.2 Å². The van der Waals surface area contributed by atoms with E-state index in [2.05, 4.69) is 10.6 Å². The molecule has 25 heavy (non-hydrogen) atoms. The number of imide groups is 1. The second-order valence-corrected chi connectivity index (χ2v) is 5.26. The predicted molar refractivity (Wildman–Crippen MR) is 84.1 cm³/mol. The number of nitrogens with zero attached hydrogens (tertiary/aromatic N) is 1. The molecule has 9 nitrogen and oxygen atoms in total. The fourth-order valence-electron chi connectivity index (χ4n) is 2.35. The number of ether oxygens (including phenoxy) is 2. The predicted octanol–water partition coefficient (Wildman–Crippen LogP) is 0.00440. The first-order chi connectivity index (χ1) is 12.1. The zero-order chi connectivity index (χ0) is 17.8. The van der Waals surface area contributed by atoms with Crippen LogP contribution in [0.5, 0.6) is 0 Å². The van der Waals surface area contributed by atoms with E-state index in [1.54, 1.807) is 24.3 Å². The molecule has 1 saturated heterocycles. The van der Waals surface area contributed by atoms with Gasteiger partial charge in [0.05, 0.1) is 0 Å². The average molecular weight is 345 g/mol. The van der Waals surface area contributed by atoms with Crippen molar-refractivity contribution in [2.24, 2.45) is 0 Å². The van der Waals surface area contributed by atoms with E-state index in [9.17, 15) is 19.2 Å². The van der Waals surface area contributed by atoms with Gasteiger partial charge in [-0.2, -0.15) is 0 Å². The van der Waals surface area contributed by atoms with E-state index in [4.69, 9.17) is 9.47 Å². The molecular weight excluding hydrogens is 330 g/mol. The van der Waals surface area contributed by atoms with E-state index < -0.39 is 30.3 Å². The molecule has 1 aromatic carbocycles. The zero-order valence-corrected chi connectivity index (χ0v) is 13.1. The molecular formula is C16H15N3O6. The summed E-state index contributed by atoms with van der Waals surface area (Å²) in [4.78, 5) is 48.2. The van der Waals surface area contributed by atoms with E-state index in [1.165, 1.54) is 0 Å². The Hall–Kier alpha value is -3.36. The lowest BCUT2D eigenvalue weighted by molar-refractivity contribution is -0.148. The van der Waals surface area contributed by atoms with Crippen LogP contribution in [0.25, 0.3) is 0 Å². The lowest BCUT2D eigenvalue weighted by Crippen LogP contribution is -2.37. The van der Waals surface area contributed by atoms with Crippen molar-refractivity contribution in [2.45, 2.75) is 0 Å². The Labute approximate surface area is 142 Å². The second kappa shape index (κ2) is 7.04. The summed E-state index contributed by atoms with van der Waals surface area (Å²) in [6.45, 7) is -0.369. The van der Waals surface area contributed by atoms with Crippen molar-refractivity contribution in [2.75, 3.05) is 31.6 Å². The monoisotopic (exact) mass is 345 g/mol. The van der Waals surface area contributed by atoms with Crippen molar-refractivity contribution < 1.29 is 28.7 Å². The molecule has 2 aliphatic heterocycles. The average Bonchev–Trinajstić information content (AvgIpc) is 3.19. The highest BCUT2D eigenvalue weighted by atomic mass is 16.5. The first-order valence-corrected chi connectivity index (χ1v) is 7.54. The van der Waals surface area contributed by atoms with Crippen molar-refractivity contribution in [1.29, 1.82) is 0 Å². The van der Waals surface area contributed by atoms with Gasteiger partial charge in [0.25, 0.3) is 5.91 Å². The minimum atomic E-state index is -0.978. The number of Topliss-reactive ketones (excluding diaryl/α,β-unsaturated/α-hetero) is 1. The summed E-state index contributed by atoms with van der Waals surface area (Å²) >= 11 is 0. The van der Waals surface area contributed by atoms with E-state index in [-0.39, 0.29) is 24.6 Å². The molecule has 1 aromatic rings. The number of carbonyl (C=O) groups is 4. The van der Waals surface area contributed by atoms with E-state index in [1.807, 2.05) is 6.07 Å². The highest BCUT2D eigenvalue weighted by Crippen LogP contribution is 2.20. The summed E-state index contributed by atoms with van der Waals surface area (Å²) in [6.07, 6.45) is 0. The van der Waals surface area contributed by atoms with Crippen LogP contribution in [-0.4, -0.2) is 54.9 Å². The van der Waals surface area contributed by atoms with Gasteiger partial charge in [0.1, 0.15) is 0 Å². The molecule has 3 rings (SSSR count). The van der Waals surface area contributed by atoms with E-state index in [0.29, 0.717) is 12.2 Å². The maximum atomic E-state index is 12.2. The van der Waals surface area contributed by atoms with Gasteiger partial charge in [0, 0.05) is 18.8 Å². The molecule has 1 fully saturated rings. The van der Waals surface area contributed by atoms with Gasteiger partial charge >= 0.3 is 12.0 Å². The molecule has 0 atom stereocenters. The number of ketones is 1. The zero-order valence-electron chi connectivity index (χ0n) is 13.1. The van der Waals surface area contributed by atoms with E-state index >= 15 is 0 Å². The summed E-state index contributed by atoms with van der Waals surface area (Å²) in [5, 5.41) is 5.30. The quantitative estimate of drug-likeness (QED) is 0.570. The molecule has 3 amide bonds. The molecule has 0 spiro atoms. The third-order valence-electron chi connectivity index (χ3n) is 3.57. The number of esters is 1. The van der Waals surface area contributed by atoms with Crippen LogP contribution in [0.3, 0.4) is 0 Å². The standard InChI is InChI=1S/C16H15N3O6/c20-11-8-24-14(18-10-4-2-1-3-5-10)13(11)15(22)25-9-12(21)19-7-6-17-16(19)23/h1-5,18H,6-9H2,(H,17,23). The minimum absolute atomic E-state index is 0.0208. The maximum Gasteiger partial charge on any atom is 0.347 e. The third kappa shape index (κ3) is 3.60. The summed E-state index contributed by atoms with van der Waals surface area (Å²) in [6, 6.07) is 8.30. The Bertz CT molecular complexity index is 758. The highest BCUT2D eigenvalue weighted by molar-refractivity contribution is 6.20. The number of rotatable bonds is 5. The van der Waals surface area contributed by atoms with Crippen LogP contribution >= 0.6 is 0 Å². The van der Waals surface area contributed by atoms with Crippen LogP contribution in [-0.2, 0) is 23.9 Å². The molecule has 0 radical (unpaired) electrons. The van der Waals surface area contributed by atoms with Gasteiger partial charge in [-0.1, -0.05) is 18.2 Å². The molecule has 0 unspecified atom stereocenters. The Morgan fingerprint density at radius 3 is 2.68 bits per heavy atom. The number of para-hydroxylation sites is 1. The smallest absolute Gasteiger partial charge is 0.347 e. The second-order valence-electron chi connectivity index (χ2n) is 5.26. The number of hydrogen-bond acceptors (Lipinski definition) is 7. The number of urea groups is 1. The molecule has 0 aromatic heterocycles. The van der Waals surface area contributed by atoms with Crippen LogP contribution in [0.2, 0.25) is 0 Å². The lowest BCUT2D eigenvalue weighted by Gasteiger charge is -2.12. The van der Waals surface area contributed by atoms with Crippen LogP contribution < -0.4 is 10.6 Å². The maximum absolute atomic E-state index is 12.2. The summed E-state index contributed by atoms with van der Waals surface area (Å²) in [5.41, 5.74) is 0.338. The summed E-state index contributed by atoms with van der Waals surface area (Å²) in [5.74, 6) is -2.20. The molecule has 9 heteroatoms. The van der Waals surface area contributed by atoms with E-state index in [0.717, 1.165) is 4.90 Å². The van der Waals surface area contributed by atoms with Gasteiger partial charge < -0.3 is 20.1 Å². The van der Waals surface area contributed by atoms with Crippen LogP contribution in [0.15, 0.2) is 41.8 Å². The number of benzene rings is 1. The fraction of sp³-hybridized carbons (Fsp3) is 0.250. The Balaban J connectivity index is 1.66. The van der Waals surface area contributed by atoms with Gasteiger partial charge in [-0.05, 0) is 12.1 Å². The molecule has 0 bridgehead atoms. The highest BCUT2D eigenvalue weighted by Gasteiger charge is 2.34. The molecule has 0 aliphatic carbocycles. The van der Waals surface area contributed by atoms with Gasteiger partial charge in [0.2, 0.25) is 11.7 Å². The topological polar surface area (TPSA) is 114 Å². The Morgan fingerprint density at radius 2 is 2.00 bits per heavy atom. The van der Waals surface area contributed by atoms with Crippen molar-refractivity contribution in [3.63, 3.8) is 0 Å². The number of anilines is 1. The molecule has 2 aliphatic rings. The fourth-order valence-corrected chi connectivity index (χ4v) is 2.35. The first-order valence-electron chi connectivity index (χ1n) is 7.54. The third-order valence-corrected chi connectivity index (χ3v) is 3.57. The minimum Gasteiger partial charge on any atom is -0.470 e. The van der Waals surface area contributed by atoms with Gasteiger partial charge in [-0.3, -0.25) is 14.5 Å². The number of amides is 3. The van der Waals surface area contributed by atoms with Crippen LogP contribution in [0, 0.1) is 0 Å². The SMILES string of the molecule is O=C1COC(Nc2ccccc2)=C1C(=O)OCC(=O)N1CCNC1=O. The Kier molecular flexibility index (Phi) is 4.64. The largest absolute Gasteiger partial charge is 0.470 e. The number of hydrogen-bond donors (Lipinski definition) is 2. The van der Waals surface area contributed by atoms with Crippen LogP contribution in [0.1, 0.15) is 0 Å². The normalized spacial score (nSPS) is 16.6. The molecule has 130 valence electrons. The number of nitrogens with one attached hydrogen (secondary N) is 2. The van der Waals surface area contributed by atoms with Gasteiger partial charge in [0.15, 0.2) is 18.8 Å².